The summed E-state index contributed by atoms with van der Waals surface area (Å²) >= 11 is 0. The number of amides is 1. The van der Waals surface area contributed by atoms with Gasteiger partial charge in [-0.1, -0.05) is 0 Å². The number of benzene rings is 2. The van der Waals surface area contributed by atoms with E-state index in [9.17, 15) is 14.9 Å². The molecule has 0 heterocycles. The van der Waals surface area contributed by atoms with Gasteiger partial charge >= 0.3 is 6.09 Å². The first-order chi connectivity index (χ1) is 14.5. The monoisotopic (exact) mass is 419 g/mol. The Hall–Kier alpha value is -3.37. The number of ether oxygens (including phenoxy) is 2. The number of nitrogens with one attached hydrogen (secondary N) is 1. The summed E-state index contributed by atoms with van der Waals surface area (Å²) in [6.07, 6.45) is -0.224. The molecule has 3 N–H and O–H groups in total. The van der Waals surface area contributed by atoms with Crippen molar-refractivity contribution in [3.8, 4) is 11.5 Å². The number of aliphatic hydroxyl groups excluding tert-OH is 2. The second kappa shape index (κ2) is 11.6. The molecule has 2 aromatic rings. The zero-order valence-corrected chi connectivity index (χ0v) is 16.6. The number of carbonyl (C=O) groups excluding carboxylic acids is 1. The highest BCUT2D eigenvalue weighted by molar-refractivity contribution is 5.70. The van der Waals surface area contributed by atoms with Crippen molar-refractivity contribution in [3.63, 3.8) is 0 Å². The Morgan fingerprint density at radius 3 is 2.37 bits per heavy atom. The maximum Gasteiger partial charge on any atom is 0.412 e. The molecular weight excluding hydrogens is 394 g/mol. The minimum atomic E-state index is -0.633. The molecule has 1 amide bonds. The van der Waals surface area contributed by atoms with Crippen molar-refractivity contribution in [1.29, 1.82) is 0 Å². The Bertz CT molecular complexity index is 837. The van der Waals surface area contributed by atoms with Crippen LogP contribution in [0.2, 0.25) is 0 Å². The minimum absolute atomic E-state index is 0.0415. The van der Waals surface area contributed by atoms with Crippen molar-refractivity contribution < 1.29 is 29.4 Å². The van der Waals surface area contributed by atoms with Gasteiger partial charge in [0.25, 0.3) is 5.69 Å². The number of carbonyl (C=O) groups is 1. The fourth-order valence-electron chi connectivity index (χ4n) is 2.83. The molecule has 10 heteroatoms. The van der Waals surface area contributed by atoms with Crippen LogP contribution in [-0.4, -0.2) is 61.2 Å². The van der Waals surface area contributed by atoms with Gasteiger partial charge in [-0.2, -0.15) is 0 Å². The molecular formula is C20H25N3O7. The zero-order chi connectivity index (χ0) is 21.9. The summed E-state index contributed by atoms with van der Waals surface area (Å²) in [5.74, 6) is 0.724. The molecule has 0 saturated heterocycles. The second-order valence-electron chi connectivity index (χ2n) is 6.25. The van der Waals surface area contributed by atoms with Crippen molar-refractivity contribution in [2.24, 2.45) is 0 Å². The molecule has 0 aliphatic rings. The molecule has 0 aromatic heterocycles. The van der Waals surface area contributed by atoms with Gasteiger partial charge in [-0.25, -0.2) is 4.79 Å². The van der Waals surface area contributed by atoms with Crippen LogP contribution < -0.4 is 19.7 Å². The molecule has 0 unspecified atom stereocenters. The van der Waals surface area contributed by atoms with Gasteiger partial charge in [0.2, 0.25) is 0 Å². The molecule has 162 valence electrons. The molecule has 0 spiro atoms. The number of rotatable bonds is 11. The number of methoxy groups -OCH3 is 1. The first-order valence-corrected chi connectivity index (χ1v) is 9.32. The summed E-state index contributed by atoms with van der Waals surface area (Å²) in [5, 5.41) is 31.6. The number of nitrogens with zero attached hydrogens (tertiary/aromatic N) is 2. The molecule has 0 radical (unpaired) electrons. The van der Waals surface area contributed by atoms with E-state index in [1.54, 1.807) is 35.2 Å². The summed E-state index contributed by atoms with van der Waals surface area (Å²) in [6, 6.07) is 11.0. The van der Waals surface area contributed by atoms with Crippen LogP contribution in [0.15, 0.2) is 42.5 Å². The first-order valence-electron chi connectivity index (χ1n) is 9.32. The maximum atomic E-state index is 12.0. The van der Waals surface area contributed by atoms with E-state index in [2.05, 4.69) is 5.32 Å². The van der Waals surface area contributed by atoms with Gasteiger partial charge in [0.1, 0.15) is 11.5 Å². The smallest absolute Gasteiger partial charge is 0.412 e. The van der Waals surface area contributed by atoms with Crippen molar-refractivity contribution in [1.82, 2.24) is 5.32 Å². The maximum absolute atomic E-state index is 12.0. The summed E-state index contributed by atoms with van der Waals surface area (Å²) in [6.45, 7) is 0.937. The standard InChI is InChI=1S/C20H25N3O7/c1-29-19-14-17(23(27)28)3-2-15(19)8-9-21-20(26)30-18-6-4-16(5-7-18)22(10-12-24)11-13-25/h2-7,14,24-25H,8-13H2,1H3,(H,21,26). The van der Waals surface area contributed by atoms with Gasteiger partial charge in [0.15, 0.2) is 0 Å². The Morgan fingerprint density at radius 2 is 1.80 bits per heavy atom. The van der Waals surface area contributed by atoms with Crippen LogP contribution in [0.5, 0.6) is 11.5 Å². The summed E-state index contributed by atoms with van der Waals surface area (Å²) in [5.41, 5.74) is 1.44. The molecule has 0 atom stereocenters. The van der Waals surface area contributed by atoms with Gasteiger partial charge in [-0.15, -0.1) is 0 Å². The highest BCUT2D eigenvalue weighted by Crippen LogP contribution is 2.25. The van der Waals surface area contributed by atoms with Crippen LogP contribution in [0.4, 0.5) is 16.2 Å². The van der Waals surface area contributed by atoms with Crippen LogP contribution in [0, 0.1) is 10.1 Å². The van der Waals surface area contributed by atoms with E-state index < -0.39 is 11.0 Å². The Kier molecular flexibility index (Phi) is 8.85. The predicted molar refractivity (Wildman–Crippen MR) is 110 cm³/mol. The number of aliphatic hydroxyl groups is 2. The summed E-state index contributed by atoms with van der Waals surface area (Å²) in [7, 11) is 1.43. The predicted octanol–water partition coefficient (Wildman–Crippen LogP) is 1.73. The number of hydrogen-bond donors (Lipinski definition) is 3. The highest BCUT2D eigenvalue weighted by Gasteiger charge is 2.12. The number of nitro benzene ring substituents is 1. The third-order valence-corrected chi connectivity index (χ3v) is 4.30. The van der Waals surface area contributed by atoms with Gasteiger partial charge in [-0.3, -0.25) is 10.1 Å². The lowest BCUT2D eigenvalue weighted by Gasteiger charge is -2.23. The normalized spacial score (nSPS) is 10.4. The topological polar surface area (TPSA) is 134 Å². The van der Waals surface area contributed by atoms with E-state index in [1.807, 2.05) is 0 Å². The molecule has 0 aliphatic carbocycles. The Labute approximate surface area is 173 Å². The zero-order valence-electron chi connectivity index (χ0n) is 16.6. The highest BCUT2D eigenvalue weighted by atomic mass is 16.6. The Balaban J connectivity index is 1.87. The van der Waals surface area contributed by atoms with Gasteiger partial charge < -0.3 is 29.9 Å². The molecule has 10 nitrogen and oxygen atoms in total. The lowest BCUT2D eigenvalue weighted by Crippen LogP contribution is -2.30. The molecule has 2 aromatic carbocycles. The van der Waals surface area contributed by atoms with Gasteiger partial charge in [0, 0.05) is 31.4 Å². The first kappa shape index (κ1) is 22.9. The number of non-ortho nitro benzene ring substituents is 1. The quantitative estimate of drug-likeness (QED) is 0.370. The van der Waals surface area contributed by atoms with Crippen LogP contribution in [0.25, 0.3) is 0 Å². The largest absolute Gasteiger partial charge is 0.496 e. The van der Waals surface area contributed by atoms with Crippen LogP contribution in [-0.2, 0) is 6.42 Å². The summed E-state index contributed by atoms with van der Waals surface area (Å²) in [4.78, 5) is 24.1. The molecule has 30 heavy (non-hydrogen) atoms. The Morgan fingerprint density at radius 1 is 1.13 bits per heavy atom. The lowest BCUT2D eigenvalue weighted by molar-refractivity contribution is -0.384. The van der Waals surface area contributed by atoms with E-state index in [4.69, 9.17) is 19.7 Å². The van der Waals surface area contributed by atoms with Crippen LogP contribution in [0.1, 0.15) is 5.56 Å². The molecule has 0 aliphatic heterocycles. The molecule has 0 bridgehead atoms. The van der Waals surface area contributed by atoms with Crippen molar-refractivity contribution >= 4 is 17.5 Å². The van der Waals surface area contributed by atoms with E-state index in [1.165, 1.54) is 19.2 Å². The summed E-state index contributed by atoms with van der Waals surface area (Å²) < 4.78 is 10.4. The fraction of sp³-hybridized carbons (Fsp3) is 0.350. The number of anilines is 1. The van der Waals surface area contributed by atoms with E-state index in [0.717, 1.165) is 11.3 Å². The van der Waals surface area contributed by atoms with E-state index in [-0.39, 0.29) is 25.4 Å². The average molecular weight is 419 g/mol. The van der Waals surface area contributed by atoms with Gasteiger partial charge in [0.05, 0.1) is 31.3 Å². The molecule has 2 rings (SSSR count). The van der Waals surface area contributed by atoms with Crippen LogP contribution >= 0.6 is 0 Å². The average Bonchev–Trinajstić information content (AvgIpc) is 2.74. The number of hydrogen-bond acceptors (Lipinski definition) is 8. The van der Waals surface area contributed by atoms with Gasteiger partial charge in [-0.05, 0) is 42.3 Å². The van der Waals surface area contributed by atoms with E-state index in [0.29, 0.717) is 31.0 Å². The lowest BCUT2D eigenvalue weighted by atomic mass is 10.1. The third-order valence-electron chi connectivity index (χ3n) is 4.30. The van der Waals surface area contributed by atoms with E-state index >= 15 is 0 Å². The van der Waals surface area contributed by atoms with Crippen LogP contribution in [0.3, 0.4) is 0 Å². The number of nitro groups is 1. The van der Waals surface area contributed by atoms with Crippen molar-refractivity contribution in [3.05, 3.63) is 58.1 Å². The van der Waals surface area contributed by atoms with Crippen molar-refractivity contribution in [2.75, 3.05) is 44.9 Å². The minimum Gasteiger partial charge on any atom is -0.496 e. The molecule has 0 fully saturated rings. The fourth-order valence-corrected chi connectivity index (χ4v) is 2.83. The second-order valence-corrected chi connectivity index (χ2v) is 6.25. The third kappa shape index (κ3) is 6.61. The SMILES string of the molecule is COc1cc([N+](=O)[O-])ccc1CCNC(=O)Oc1ccc(N(CCO)CCO)cc1. The van der Waals surface area contributed by atoms with Crippen molar-refractivity contribution in [2.45, 2.75) is 6.42 Å². The molecule has 0 saturated carbocycles.